The Kier molecular flexibility index (Phi) is 3.20. The van der Waals surface area contributed by atoms with Gasteiger partial charge in [-0.05, 0) is 25.2 Å². The highest BCUT2D eigenvalue weighted by atomic mass is 32.1. The van der Waals surface area contributed by atoms with Crippen LogP contribution < -0.4 is 14.4 Å². The zero-order valence-electron chi connectivity index (χ0n) is 11.9. The molecule has 5 nitrogen and oxygen atoms in total. The minimum atomic E-state index is 0.308. The first kappa shape index (κ1) is 12.9. The van der Waals surface area contributed by atoms with Crippen LogP contribution in [0.2, 0.25) is 0 Å². The molecule has 1 fully saturated rings. The van der Waals surface area contributed by atoms with Crippen LogP contribution in [0.1, 0.15) is 0 Å². The molecule has 4 rings (SSSR count). The third-order valence-corrected chi connectivity index (χ3v) is 4.84. The van der Waals surface area contributed by atoms with Crippen molar-refractivity contribution in [3.63, 3.8) is 0 Å². The highest BCUT2D eigenvalue weighted by molar-refractivity contribution is 7.14. The molecule has 1 saturated heterocycles. The summed E-state index contributed by atoms with van der Waals surface area (Å²) in [6.45, 7) is 4.59. The molecule has 6 heteroatoms. The van der Waals surface area contributed by atoms with E-state index in [1.165, 1.54) is 0 Å². The summed E-state index contributed by atoms with van der Waals surface area (Å²) in [6.07, 6.45) is 0. The Bertz CT molecular complexity index is 650. The van der Waals surface area contributed by atoms with Gasteiger partial charge in [0.15, 0.2) is 16.6 Å². The number of rotatable bonds is 2. The van der Waals surface area contributed by atoms with Gasteiger partial charge in [-0.15, -0.1) is 11.3 Å². The molecule has 3 heterocycles. The van der Waals surface area contributed by atoms with Crippen molar-refractivity contribution in [2.24, 2.45) is 0 Å². The summed E-state index contributed by atoms with van der Waals surface area (Å²) in [5.41, 5.74) is 2.09. The number of nitrogens with zero attached hydrogens (tertiary/aromatic N) is 3. The fourth-order valence-corrected chi connectivity index (χ4v) is 3.48. The minimum Gasteiger partial charge on any atom is -0.454 e. The monoisotopic (exact) mass is 303 g/mol. The number of ether oxygens (including phenoxy) is 2. The van der Waals surface area contributed by atoms with E-state index in [9.17, 15) is 0 Å². The first-order valence-corrected chi connectivity index (χ1v) is 7.96. The fourth-order valence-electron chi connectivity index (χ4n) is 2.60. The molecule has 0 amide bonds. The molecular formula is C15H17N3O2S. The van der Waals surface area contributed by atoms with Crippen LogP contribution in [-0.4, -0.2) is 49.9 Å². The van der Waals surface area contributed by atoms with Gasteiger partial charge in [0.05, 0.1) is 5.69 Å². The largest absolute Gasteiger partial charge is 0.454 e. The summed E-state index contributed by atoms with van der Waals surface area (Å²) in [5.74, 6) is 1.62. The van der Waals surface area contributed by atoms with Crippen LogP contribution in [0.4, 0.5) is 5.13 Å². The van der Waals surface area contributed by atoms with Crippen molar-refractivity contribution in [2.75, 3.05) is 44.9 Å². The second kappa shape index (κ2) is 5.20. The van der Waals surface area contributed by atoms with Gasteiger partial charge < -0.3 is 19.3 Å². The number of benzene rings is 1. The van der Waals surface area contributed by atoms with Gasteiger partial charge in [-0.3, -0.25) is 0 Å². The molecule has 0 saturated carbocycles. The number of likely N-dealkylation sites (N-methyl/N-ethyl adjacent to an activating group) is 1. The summed E-state index contributed by atoms with van der Waals surface area (Å²) in [7, 11) is 2.16. The molecule has 1 aromatic heterocycles. The Morgan fingerprint density at radius 2 is 1.90 bits per heavy atom. The van der Waals surface area contributed by atoms with Gasteiger partial charge in [0.25, 0.3) is 0 Å². The quantitative estimate of drug-likeness (QED) is 0.851. The van der Waals surface area contributed by atoms with E-state index >= 15 is 0 Å². The summed E-state index contributed by atoms with van der Waals surface area (Å²) in [4.78, 5) is 9.50. The lowest BCUT2D eigenvalue weighted by Gasteiger charge is -2.32. The molecule has 110 valence electrons. The Balaban J connectivity index is 1.57. The molecule has 0 unspecified atom stereocenters. The van der Waals surface area contributed by atoms with Crippen molar-refractivity contribution in [1.29, 1.82) is 0 Å². The number of aromatic nitrogens is 1. The fraction of sp³-hybridized carbons (Fsp3) is 0.400. The summed E-state index contributed by atoms with van der Waals surface area (Å²) >= 11 is 1.71. The first-order chi connectivity index (χ1) is 10.3. The van der Waals surface area contributed by atoms with E-state index in [1.54, 1.807) is 11.3 Å². The number of fused-ring (bicyclic) bond motifs is 1. The summed E-state index contributed by atoms with van der Waals surface area (Å²) in [6, 6.07) is 5.99. The lowest BCUT2D eigenvalue weighted by Crippen LogP contribution is -2.44. The van der Waals surface area contributed by atoms with E-state index in [4.69, 9.17) is 14.5 Å². The standard InChI is InChI=1S/C15H17N3O2S/c1-17-4-6-18(7-5-17)15-16-12(9-21-15)11-2-3-13-14(8-11)20-10-19-13/h2-3,8-9H,4-7,10H2,1H3. The van der Waals surface area contributed by atoms with Crippen LogP contribution in [0.25, 0.3) is 11.3 Å². The lowest BCUT2D eigenvalue weighted by atomic mass is 10.1. The second-order valence-electron chi connectivity index (χ2n) is 5.37. The maximum atomic E-state index is 5.43. The molecular weight excluding hydrogens is 286 g/mol. The van der Waals surface area contributed by atoms with Gasteiger partial charge >= 0.3 is 0 Å². The van der Waals surface area contributed by atoms with Crippen LogP contribution in [0.3, 0.4) is 0 Å². The van der Waals surface area contributed by atoms with Crippen LogP contribution in [-0.2, 0) is 0 Å². The van der Waals surface area contributed by atoms with Crippen LogP contribution in [0.15, 0.2) is 23.6 Å². The smallest absolute Gasteiger partial charge is 0.231 e. The van der Waals surface area contributed by atoms with Crippen molar-refractivity contribution in [3.05, 3.63) is 23.6 Å². The Morgan fingerprint density at radius 3 is 2.76 bits per heavy atom. The average Bonchev–Trinajstić information content (AvgIpc) is 3.16. The molecule has 0 spiro atoms. The summed E-state index contributed by atoms with van der Waals surface area (Å²) < 4.78 is 10.8. The minimum absolute atomic E-state index is 0.308. The van der Waals surface area contributed by atoms with Crippen molar-refractivity contribution < 1.29 is 9.47 Å². The number of thiazole rings is 1. The van der Waals surface area contributed by atoms with Gasteiger partial charge in [0.2, 0.25) is 6.79 Å². The van der Waals surface area contributed by atoms with Crippen molar-refractivity contribution in [3.8, 4) is 22.8 Å². The molecule has 0 bridgehead atoms. The third-order valence-electron chi connectivity index (χ3n) is 3.93. The van der Waals surface area contributed by atoms with E-state index in [2.05, 4.69) is 22.2 Å². The van der Waals surface area contributed by atoms with Crippen molar-refractivity contribution >= 4 is 16.5 Å². The topological polar surface area (TPSA) is 37.8 Å². The highest BCUT2D eigenvalue weighted by Gasteiger charge is 2.19. The SMILES string of the molecule is CN1CCN(c2nc(-c3ccc4c(c3)OCO4)cs2)CC1. The third kappa shape index (κ3) is 2.45. The molecule has 0 N–H and O–H groups in total. The zero-order chi connectivity index (χ0) is 14.2. The van der Waals surface area contributed by atoms with E-state index in [1.807, 2.05) is 18.2 Å². The number of anilines is 1. The lowest BCUT2D eigenvalue weighted by molar-refractivity contribution is 0.174. The molecule has 1 aromatic carbocycles. The van der Waals surface area contributed by atoms with Gasteiger partial charge in [0.1, 0.15) is 0 Å². The predicted molar refractivity (Wildman–Crippen MR) is 83.4 cm³/mol. The average molecular weight is 303 g/mol. The molecule has 2 aliphatic heterocycles. The maximum absolute atomic E-state index is 5.43. The van der Waals surface area contributed by atoms with Gasteiger partial charge in [0, 0.05) is 37.1 Å². The molecule has 21 heavy (non-hydrogen) atoms. The van der Waals surface area contributed by atoms with E-state index in [-0.39, 0.29) is 0 Å². The van der Waals surface area contributed by atoms with Crippen LogP contribution >= 0.6 is 11.3 Å². The van der Waals surface area contributed by atoms with E-state index in [0.717, 1.165) is 54.1 Å². The van der Waals surface area contributed by atoms with Crippen molar-refractivity contribution in [2.45, 2.75) is 0 Å². The second-order valence-corrected chi connectivity index (χ2v) is 6.21. The molecule has 0 radical (unpaired) electrons. The van der Waals surface area contributed by atoms with Gasteiger partial charge in [-0.2, -0.15) is 0 Å². The number of hydrogen-bond acceptors (Lipinski definition) is 6. The Morgan fingerprint density at radius 1 is 1.10 bits per heavy atom. The maximum Gasteiger partial charge on any atom is 0.231 e. The molecule has 2 aromatic rings. The van der Waals surface area contributed by atoms with Gasteiger partial charge in [-0.1, -0.05) is 0 Å². The van der Waals surface area contributed by atoms with E-state index < -0.39 is 0 Å². The highest BCUT2D eigenvalue weighted by Crippen LogP contribution is 2.37. The normalized spacial score (nSPS) is 18.2. The molecule has 0 atom stereocenters. The predicted octanol–water partition coefficient (Wildman–Crippen LogP) is 2.29. The number of hydrogen-bond donors (Lipinski definition) is 0. The molecule has 0 aliphatic carbocycles. The first-order valence-electron chi connectivity index (χ1n) is 7.09. The van der Waals surface area contributed by atoms with Crippen molar-refractivity contribution in [1.82, 2.24) is 9.88 Å². The zero-order valence-corrected chi connectivity index (χ0v) is 12.7. The van der Waals surface area contributed by atoms with Crippen LogP contribution in [0.5, 0.6) is 11.5 Å². The Labute approximate surface area is 127 Å². The van der Waals surface area contributed by atoms with E-state index in [0.29, 0.717) is 6.79 Å². The number of piperazine rings is 1. The van der Waals surface area contributed by atoms with Crippen LogP contribution in [0, 0.1) is 0 Å². The Hall–Kier alpha value is -1.79. The van der Waals surface area contributed by atoms with Gasteiger partial charge in [-0.25, -0.2) is 4.98 Å². The summed E-state index contributed by atoms with van der Waals surface area (Å²) in [5, 5.41) is 3.22. The molecule has 2 aliphatic rings.